The van der Waals surface area contributed by atoms with Crippen LogP contribution in [0.15, 0.2) is 41.3 Å². The smallest absolute Gasteiger partial charge is 0.251 e. The van der Waals surface area contributed by atoms with Gasteiger partial charge < -0.3 is 4.57 Å². The quantitative estimate of drug-likeness (QED) is 0.810. The van der Waals surface area contributed by atoms with Crippen LogP contribution >= 0.6 is 0 Å². The summed E-state index contributed by atoms with van der Waals surface area (Å²) in [6.45, 7) is 2.02. The van der Waals surface area contributed by atoms with E-state index in [-0.39, 0.29) is 12.1 Å². The molecule has 0 unspecified atom stereocenters. The van der Waals surface area contributed by atoms with Crippen molar-refractivity contribution >= 4 is 0 Å². The molecule has 0 aliphatic carbocycles. The SMILES string of the molecule is Cc1ccn(Cc2cc(F)ccc2C#N)c(=O)c1. The number of hydrogen-bond donors (Lipinski definition) is 0. The van der Waals surface area contributed by atoms with Gasteiger partial charge >= 0.3 is 0 Å². The molecule has 0 bridgehead atoms. The van der Waals surface area contributed by atoms with Gasteiger partial charge in [0.05, 0.1) is 18.2 Å². The summed E-state index contributed by atoms with van der Waals surface area (Å²) < 4.78 is 14.6. The second-order valence-corrected chi connectivity index (χ2v) is 4.08. The van der Waals surface area contributed by atoms with Crippen molar-refractivity contribution in [1.82, 2.24) is 4.57 Å². The molecule has 4 heteroatoms. The Bertz CT molecular complexity index is 683. The van der Waals surface area contributed by atoms with E-state index in [0.29, 0.717) is 11.1 Å². The number of halogens is 1. The Balaban J connectivity index is 2.43. The first-order valence-corrected chi connectivity index (χ1v) is 5.46. The van der Waals surface area contributed by atoms with Crippen LogP contribution in [0, 0.1) is 24.1 Å². The molecule has 0 saturated heterocycles. The van der Waals surface area contributed by atoms with Crippen LogP contribution in [0.25, 0.3) is 0 Å². The van der Waals surface area contributed by atoms with E-state index >= 15 is 0 Å². The van der Waals surface area contributed by atoms with Crippen molar-refractivity contribution in [2.45, 2.75) is 13.5 Å². The molecule has 1 aromatic carbocycles. The lowest BCUT2D eigenvalue weighted by molar-refractivity contribution is 0.622. The Hall–Kier alpha value is -2.41. The van der Waals surface area contributed by atoms with Crippen LogP contribution < -0.4 is 5.56 Å². The second-order valence-electron chi connectivity index (χ2n) is 4.08. The minimum Gasteiger partial charge on any atom is -0.311 e. The average molecular weight is 242 g/mol. The molecule has 0 N–H and O–H groups in total. The van der Waals surface area contributed by atoms with Gasteiger partial charge in [-0.05, 0) is 42.3 Å². The van der Waals surface area contributed by atoms with Gasteiger partial charge in [-0.2, -0.15) is 5.26 Å². The summed E-state index contributed by atoms with van der Waals surface area (Å²) in [5.41, 5.74) is 1.59. The first-order chi connectivity index (χ1) is 8.60. The fourth-order valence-corrected chi connectivity index (χ4v) is 1.72. The second kappa shape index (κ2) is 4.84. The van der Waals surface area contributed by atoms with E-state index in [1.807, 2.05) is 13.0 Å². The van der Waals surface area contributed by atoms with E-state index in [1.54, 1.807) is 12.3 Å². The predicted molar refractivity (Wildman–Crippen MR) is 65.7 cm³/mol. The van der Waals surface area contributed by atoms with Crippen LogP contribution in [0.4, 0.5) is 4.39 Å². The van der Waals surface area contributed by atoms with Gasteiger partial charge in [0.15, 0.2) is 0 Å². The highest BCUT2D eigenvalue weighted by Crippen LogP contribution is 2.11. The first-order valence-electron chi connectivity index (χ1n) is 5.46. The van der Waals surface area contributed by atoms with Crippen LogP contribution in [0.3, 0.4) is 0 Å². The molecule has 90 valence electrons. The number of pyridine rings is 1. The Labute approximate surface area is 104 Å². The lowest BCUT2D eigenvalue weighted by atomic mass is 10.1. The highest BCUT2D eigenvalue weighted by atomic mass is 19.1. The summed E-state index contributed by atoms with van der Waals surface area (Å²) in [6, 6.07) is 9.23. The normalized spacial score (nSPS) is 10.1. The fourth-order valence-electron chi connectivity index (χ4n) is 1.72. The molecule has 0 fully saturated rings. The van der Waals surface area contributed by atoms with Gasteiger partial charge in [0, 0.05) is 12.3 Å². The van der Waals surface area contributed by atoms with Crippen LogP contribution in [0.1, 0.15) is 16.7 Å². The number of aryl methyl sites for hydroxylation is 1. The van der Waals surface area contributed by atoms with Crippen molar-refractivity contribution in [3.8, 4) is 6.07 Å². The Morgan fingerprint density at radius 2 is 2.11 bits per heavy atom. The van der Waals surface area contributed by atoms with Crippen molar-refractivity contribution in [2.75, 3.05) is 0 Å². The van der Waals surface area contributed by atoms with Gasteiger partial charge in [0.25, 0.3) is 5.56 Å². The molecule has 2 rings (SSSR count). The fraction of sp³-hybridized carbons (Fsp3) is 0.143. The lowest BCUT2D eigenvalue weighted by Gasteiger charge is -2.07. The third-order valence-electron chi connectivity index (χ3n) is 2.68. The highest BCUT2D eigenvalue weighted by Gasteiger charge is 2.05. The molecule has 0 atom stereocenters. The number of nitrogens with zero attached hydrogens (tertiary/aromatic N) is 2. The van der Waals surface area contributed by atoms with Gasteiger partial charge in [0.1, 0.15) is 5.82 Å². The Morgan fingerprint density at radius 1 is 1.33 bits per heavy atom. The van der Waals surface area contributed by atoms with Gasteiger partial charge in [0.2, 0.25) is 0 Å². The zero-order chi connectivity index (χ0) is 13.1. The van der Waals surface area contributed by atoms with Crippen LogP contribution in [0.2, 0.25) is 0 Å². The number of hydrogen-bond acceptors (Lipinski definition) is 2. The molecular weight excluding hydrogens is 231 g/mol. The van der Waals surface area contributed by atoms with Crippen LogP contribution in [-0.2, 0) is 6.54 Å². The molecule has 3 nitrogen and oxygen atoms in total. The highest BCUT2D eigenvalue weighted by molar-refractivity contribution is 5.38. The van der Waals surface area contributed by atoms with Gasteiger partial charge in [-0.25, -0.2) is 4.39 Å². The van der Waals surface area contributed by atoms with Crippen molar-refractivity contribution < 1.29 is 4.39 Å². The average Bonchev–Trinajstić information content (AvgIpc) is 2.33. The van der Waals surface area contributed by atoms with E-state index < -0.39 is 5.82 Å². The molecule has 1 heterocycles. The summed E-state index contributed by atoms with van der Waals surface area (Å²) in [4.78, 5) is 11.7. The zero-order valence-electron chi connectivity index (χ0n) is 9.85. The minimum atomic E-state index is -0.413. The van der Waals surface area contributed by atoms with Gasteiger partial charge in [-0.3, -0.25) is 4.79 Å². The van der Waals surface area contributed by atoms with Crippen molar-refractivity contribution in [2.24, 2.45) is 0 Å². The third kappa shape index (κ3) is 2.46. The largest absolute Gasteiger partial charge is 0.311 e. The summed E-state index contributed by atoms with van der Waals surface area (Å²) in [6.07, 6.45) is 1.64. The van der Waals surface area contributed by atoms with E-state index in [9.17, 15) is 9.18 Å². The number of aromatic nitrogens is 1. The van der Waals surface area contributed by atoms with E-state index in [4.69, 9.17) is 5.26 Å². The lowest BCUT2D eigenvalue weighted by Crippen LogP contribution is -2.19. The third-order valence-corrected chi connectivity index (χ3v) is 2.68. The summed E-state index contributed by atoms with van der Waals surface area (Å²) >= 11 is 0. The Kier molecular flexibility index (Phi) is 3.24. The summed E-state index contributed by atoms with van der Waals surface area (Å²) in [5, 5.41) is 8.94. The topological polar surface area (TPSA) is 45.8 Å². The molecule has 1 aromatic heterocycles. The molecule has 0 spiro atoms. The maximum absolute atomic E-state index is 13.2. The van der Waals surface area contributed by atoms with Crippen molar-refractivity contribution in [3.05, 3.63) is 69.4 Å². The summed E-state index contributed by atoms with van der Waals surface area (Å²) in [7, 11) is 0. The van der Waals surface area contributed by atoms with Crippen LogP contribution in [-0.4, -0.2) is 4.57 Å². The van der Waals surface area contributed by atoms with Crippen LogP contribution in [0.5, 0.6) is 0 Å². The standard InChI is InChI=1S/C14H11FN2O/c1-10-4-5-17(14(18)6-10)9-12-7-13(15)3-2-11(12)8-16/h2-7H,9H2,1H3. The van der Waals surface area contributed by atoms with Gasteiger partial charge in [-0.1, -0.05) is 0 Å². The zero-order valence-corrected chi connectivity index (χ0v) is 9.85. The number of benzene rings is 1. The van der Waals surface area contributed by atoms with E-state index in [1.165, 1.54) is 28.8 Å². The molecule has 2 aromatic rings. The first kappa shape index (κ1) is 12.1. The molecule has 0 aliphatic rings. The molecule has 0 amide bonds. The molecule has 18 heavy (non-hydrogen) atoms. The maximum atomic E-state index is 13.2. The van der Waals surface area contributed by atoms with Gasteiger partial charge in [-0.15, -0.1) is 0 Å². The molecule has 0 aliphatic heterocycles. The maximum Gasteiger partial charge on any atom is 0.251 e. The van der Waals surface area contributed by atoms with Crippen molar-refractivity contribution in [1.29, 1.82) is 5.26 Å². The minimum absolute atomic E-state index is 0.164. The number of nitriles is 1. The summed E-state index contributed by atoms with van der Waals surface area (Å²) in [5.74, 6) is -0.413. The van der Waals surface area contributed by atoms with E-state index in [2.05, 4.69) is 0 Å². The Morgan fingerprint density at radius 3 is 2.78 bits per heavy atom. The predicted octanol–water partition coefficient (Wildman–Crippen LogP) is 2.22. The molecule has 0 radical (unpaired) electrons. The van der Waals surface area contributed by atoms with Crippen molar-refractivity contribution in [3.63, 3.8) is 0 Å². The van der Waals surface area contributed by atoms with E-state index in [0.717, 1.165) is 5.56 Å². The molecular formula is C14H11FN2O. The number of rotatable bonds is 2. The molecule has 0 saturated carbocycles. The monoisotopic (exact) mass is 242 g/mol.